The molecule has 0 heterocycles. The highest BCUT2D eigenvalue weighted by molar-refractivity contribution is 9.09. The van der Waals surface area contributed by atoms with Crippen LogP contribution in [0.15, 0.2) is 12.1 Å². The quantitative estimate of drug-likeness (QED) is 0.160. The number of aliphatic hydroxyl groups is 1. The largest absolute Gasteiger partial charge is 0.395 e. The lowest BCUT2D eigenvalue weighted by atomic mass is 10.1. The van der Waals surface area contributed by atoms with Crippen molar-refractivity contribution < 1.29 is 32.7 Å². The lowest BCUT2D eigenvalue weighted by Crippen LogP contribution is -2.31. The van der Waals surface area contributed by atoms with Gasteiger partial charge in [0.05, 0.1) is 22.2 Å². The van der Waals surface area contributed by atoms with Crippen molar-refractivity contribution in [2.24, 2.45) is 0 Å². The van der Waals surface area contributed by atoms with Crippen LogP contribution in [-0.2, 0) is 10.1 Å². The molecule has 13 nitrogen and oxygen atoms in total. The highest BCUT2D eigenvalue weighted by Gasteiger charge is 2.35. The molecule has 0 aliphatic heterocycles. The van der Waals surface area contributed by atoms with E-state index in [2.05, 4.69) is 21.2 Å². The zero-order chi connectivity index (χ0) is 22.2. The molecule has 0 radical (unpaired) electrons. The number of halogens is 1. The highest BCUT2D eigenvalue weighted by Crippen LogP contribution is 2.40. The van der Waals surface area contributed by atoms with Crippen molar-refractivity contribution in [3.8, 4) is 0 Å². The molecule has 1 amide bonds. The van der Waals surface area contributed by atoms with Gasteiger partial charge in [-0.2, -0.15) is 8.42 Å². The van der Waals surface area contributed by atoms with E-state index in [9.17, 15) is 33.4 Å². The number of nitrogens with zero attached hydrogens (tertiary/aromatic N) is 3. The molecule has 0 aliphatic carbocycles. The van der Waals surface area contributed by atoms with Crippen LogP contribution in [-0.4, -0.2) is 71.2 Å². The minimum Gasteiger partial charge on any atom is -0.395 e. The summed E-state index contributed by atoms with van der Waals surface area (Å²) in [5.74, 6) is -1.55. The van der Waals surface area contributed by atoms with Crippen molar-refractivity contribution in [1.82, 2.24) is 5.32 Å². The average Bonchev–Trinajstić information content (AvgIpc) is 2.62. The third kappa shape index (κ3) is 7.19. The number of aliphatic hydroxyl groups excluding tert-OH is 1. The average molecular weight is 499 g/mol. The van der Waals surface area contributed by atoms with Gasteiger partial charge in [-0.15, -0.1) is 0 Å². The zero-order valence-electron chi connectivity index (χ0n) is 15.0. The van der Waals surface area contributed by atoms with Crippen LogP contribution in [0, 0.1) is 20.2 Å². The third-order valence-electron chi connectivity index (χ3n) is 3.65. The molecule has 0 aliphatic rings. The van der Waals surface area contributed by atoms with Gasteiger partial charge in [0.25, 0.3) is 21.7 Å². The number of amides is 1. The standard InChI is InChI=1S/C14H19BrN4O9S/c15-4-7-17(6-1-9-29(26,27)28)13-11(18(22)23)3-2-10(12(13)19(24)25)14(21)16-5-8-20/h2-3,20H,1,4-9H2,(H,16,21)(H,26,27,28). The van der Waals surface area contributed by atoms with Crippen LogP contribution in [0.5, 0.6) is 0 Å². The van der Waals surface area contributed by atoms with Crippen molar-refractivity contribution in [2.75, 3.05) is 42.2 Å². The monoisotopic (exact) mass is 498 g/mol. The maximum absolute atomic E-state index is 12.3. The van der Waals surface area contributed by atoms with Gasteiger partial charge in [-0.25, -0.2) is 0 Å². The minimum atomic E-state index is -4.30. The number of nitrogens with one attached hydrogen (secondary N) is 1. The Hall–Kier alpha value is -2.36. The number of nitro groups is 2. The number of carbonyl (C=O) groups is 1. The Bertz CT molecular complexity index is 878. The summed E-state index contributed by atoms with van der Waals surface area (Å²) in [6.45, 7) is -0.740. The molecule has 0 unspecified atom stereocenters. The summed E-state index contributed by atoms with van der Waals surface area (Å²) >= 11 is 3.13. The molecule has 0 spiro atoms. The smallest absolute Gasteiger partial charge is 0.312 e. The number of rotatable bonds is 12. The summed E-state index contributed by atoms with van der Waals surface area (Å²) in [5, 5.41) is 34.5. The van der Waals surface area contributed by atoms with E-state index in [0.717, 1.165) is 12.1 Å². The fraction of sp³-hybridized carbons (Fsp3) is 0.500. The Morgan fingerprint density at radius 2 is 1.86 bits per heavy atom. The predicted octanol–water partition coefficient (Wildman–Crippen LogP) is 0.704. The van der Waals surface area contributed by atoms with Crippen molar-refractivity contribution in [3.63, 3.8) is 0 Å². The van der Waals surface area contributed by atoms with Crippen LogP contribution in [0.2, 0.25) is 0 Å². The second-order valence-electron chi connectivity index (χ2n) is 5.64. The summed E-state index contributed by atoms with van der Waals surface area (Å²) < 4.78 is 30.7. The molecule has 162 valence electrons. The van der Waals surface area contributed by atoms with Gasteiger partial charge in [-0.05, 0) is 12.5 Å². The van der Waals surface area contributed by atoms with E-state index >= 15 is 0 Å². The van der Waals surface area contributed by atoms with Gasteiger partial charge < -0.3 is 15.3 Å². The first kappa shape index (κ1) is 24.7. The number of anilines is 1. The van der Waals surface area contributed by atoms with Crippen LogP contribution in [0.3, 0.4) is 0 Å². The van der Waals surface area contributed by atoms with Crippen LogP contribution in [0.4, 0.5) is 17.1 Å². The topological polar surface area (TPSA) is 193 Å². The number of hydrogen-bond acceptors (Lipinski definition) is 9. The number of carbonyl (C=O) groups excluding carboxylic acids is 1. The second-order valence-corrected chi connectivity index (χ2v) is 8.00. The maximum Gasteiger partial charge on any atom is 0.312 e. The Balaban J connectivity index is 3.55. The van der Waals surface area contributed by atoms with Crippen molar-refractivity contribution >= 4 is 49.0 Å². The van der Waals surface area contributed by atoms with Crippen LogP contribution < -0.4 is 10.2 Å². The predicted molar refractivity (Wildman–Crippen MR) is 106 cm³/mol. The van der Waals surface area contributed by atoms with Gasteiger partial charge in [0.15, 0.2) is 5.69 Å². The lowest BCUT2D eigenvalue weighted by molar-refractivity contribution is -0.392. The van der Waals surface area contributed by atoms with E-state index in [0.29, 0.717) is 0 Å². The number of nitro benzene ring substituents is 2. The third-order valence-corrected chi connectivity index (χ3v) is 4.81. The molecular weight excluding hydrogens is 480 g/mol. The fourth-order valence-corrected chi connectivity index (χ4v) is 3.46. The van der Waals surface area contributed by atoms with Gasteiger partial charge in [-0.3, -0.25) is 29.6 Å². The van der Waals surface area contributed by atoms with E-state index < -0.39 is 60.9 Å². The number of alkyl halides is 1. The molecule has 0 saturated heterocycles. The van der Waals surface area contributed by atoms with Crippen LogP contribution in [0.25, 0.3) is 0 Å². The van der Waals surface area contributed by atoms with Crippen LogP contribution >= 0.6 is 15.9 Å². The van der Waals surface area contributed by atoms with Crippen molar-refractivity contribution in [1.29, 1.82) is 0 Å². The first-order valence-electron chi connectivity index (χ1n) is 8.14. The van der Waals surface area contributed by atoms with Crippen molar-refractivity contribution in [2.45, 2.75) is 6.42 Å². The van der Waals surface area contributed by atoms with E-state index in [1.165, 1.54) is 4.90 Å². The molecule has 1 aromatic carbocycles. The van der Waals surface area contributed by atoms with Gasteiger partial charge in [-0.1, -0.05) is 15.9 Å². The van der Waals surface area contributed by atoms with Gasteiger partial charge >= 0.3 is 5.69 Å². The molecule has 0 atom stereocenters. The van der Waals surface area contributed by atoms with E-state index in [4.69, 9.17) is 9.66 Å². The maximum atomic E-state index is 12.3. The Morgan fingerprint density at radius 1 is 1.21 bits per heavy atom. The number of benzene rings is 1. The van der Waals surface area contributed by atoms with Gasteiger partial charge in [0.2, 0.25) is 0 Å². The minimum absolute atomic E-state index is 0.0227. The first-order chi connectivity index (χ1) is 13.5. The Morgan fingerprint density at radius 3 is 2.34 bits per heavy atom. The normalized spacial score (nSPS) is 11.1. The molecule has 3 N–H and O–H groups in total. The van der Waals surface area contributed by atoms with E-state index in [-0.39, 0.29) is 31.4 Å². The van der Waals surface area contributed by atoms with Crippen LogP contribution in [0.1, 0.15) is 16.8 Å². The van der Waals surface area contributed by atoms with Crippen molar-refractivity contribution in [3.05, 3.63) is 37.9 Å². The summed E-state index contributed by atoms with van der Waals surface area (Å²) in [6, 6.07) is 1.89. The zero-order valence-corrected chi connectivity index (χ0v) is 17.4. The molecule has 0 saturated carbocycles. The SMILES string of the molecule is O=C(NCCO)c1ccc([N+](=O)[O-])c(N(CCBr)CCCS(=O)(=O)O)c1[N+](=O)[O-]. The Labute approximate surface area is 173 Å². The molecule has 1 rings (SSSR count). The fourth-order valence-electron chi connectivity index (χ4n) is 2.54. The molecule has 1 aromatic rings. The molecule has 15 heteroatoms. The number of hydrogen-bond donors (Lipinski definition) is 3. The molecule has 0 aromatic heterocycles. The summed E-state index contributed by atoms with van der Waals surface area (Å²) in [4.78, 5) is 34.9. The summed E-state index contributed by atoms with van der Waals surface area (Å²) in [7, 11) is -4.30. The molecule has 29 heavy (non-hydrogen) atoms. The molecule has 0 fully saturated rings. The van der Waals surface area contributed by atoms with E-state index in [1.54, 1.807) is 0 Å². The summed E-state index contributed by atoms with van der Waals surface area (Å²) in [5.41, 5.74) is -2.35. The first-order valence-corrected chi connectivity index (χ1v) is 10.9. The lowest BCUT2D eigenvalue weighted by Gasteiger charge is -2.24. The summed E-state index contributed by atoms with van der Waals surface area (Å²) in [6.07, 6.45) is -0.166. The second kappa shape index (κ2) is 11.0. The van der Waals surface area contributed by atoms with E-state index in [1.807, 2.05) is 0 Å². The van der Waals surface area contributed by atoms with Gasteiger partial charge in [0, 0.05) is 31.0 Å². The van der Waals surface area contributed by atoms with Gasteiger partial charge in [0.1, 0.15) is 5.56 Å². The molecule has 0 bridgehead atoms. The Kier molecular flexibility index (Phi) is 9.35. The molecular formula is C14H19BrN4O9S. The highest BCUT2D eigenvalue weighted by atomic mass is 79.9.